The molecule has 3 heteroatoms. The van der Waals surface area contributed by atoms with Crippen molar-refractivity contribution in [1.29, 1.82) is 0 Å². The molecule has 0 aliphatic heterocycles. The molecule has 0 aromatic rings. The second kappa shape index (κ2) is 5.75. The summed E-state index contributed by atoms with van der Waals surface area (Å²) in [5, 5.41) is 16.7. The molecule has 0 rings (SSSR count). The van der Waals surface area contributed by atoms with E-state index in [2.05, 4.69) is 0 Å². The molecule has 0 saturated heterocycles. The smallest absolute Gasteiger partial charge is 0.151 e. The van der Waals surface area contributed by atoms with E-state index < -0.39 is 6.29 Å². The fourth-order valence-electron chi connectivity index (χ4n) is 0.459. The normalized spacial score (nSPS) is 11.6. The molecule has 4 N–H and O–H groups in total. The predicted molar refractivity (Wildman–Crippen MR) is 35.7 cm³/mol. The van der Waals surface area contributed by atoms with Crippen molar-refractivity contribution in [1.82, 2.24) is 0 Å². The molecule has 9 heavy (non-hydrogen) atoms. The molecule has 0 aliphatic rings. The minimum Gasteiger partial charge on any atom is -0.368 e. The molecule has 0 radical (unpaired) electrons. The average molecular weight is 131 g/mol. The molecule has 0 bridgehead atoms. The molecule has 0 fully saturated rings. The van der Waals surface area contributed by atoms with E-state index in [0.717, 1.165) is 0 Å². The van der Waals surface area contributed by atoms with Gasteiger partial charge in [0.2, 0.25) is 0 Å². The Balaban J connectivity index is 2.99. The van der Waals surface area contributed by atoms with E-state index in [9.17, 15) is 0 Å². The summed E-state index contributed by atoms with van der Waals surface area (Å²) in [5.74, 6) is 0. The average Bonchev–Trinajstić information content (AvgIpc) is 1.80. The number of hydrogen-bond donors (Lipinski definition) is 3. The summed E-state index contributed by atoms with van der Waals surface area (Å²) in [5.41, 5.74) is 5.13. The van der Waals surface area contributed by atoms with Crippen LogP contribution < -0.4 is 5.73 Å². The maximum Gasteiger partial charge on any atom is 0.151 e. The molecule has 0 atom stereocenters. The van der Waals surface area contributed by atoms with Crippen molar-refractivity contribution in [3.63, 3.8) is 0 Å². The van der Waals surface area contributed by atoms with Crippen LogP contribution >= 0.6 is 0 Å². The summed E-state index contributed by atoms with van der Waals surface area (Å²) in [7, 11) is 0. The first kappa shape index (κ1) is 8.62. The third-order valence-corrected chi connectivity index (χ3v) is 0.894. The van der Waals surface area contributed by atoms with Crippen LogP contribution in [0.25, 0.3) is 0 Å². The zero-order valence-electron chi connectivity index (χ0n) is 5.33. The molecule has 0 unspecified atom stereocenters. The Morgan fingerprint density at radius 1 is 1.33 bits per heavy atom. The fourth-order valence-corrected chi connectivity index (χ4v) is 0.459. The van der Waals surface area contributed by atoms with E-state index in [-0.39, 0.29) is 0 Å². The van der Waals surface area contributed by atoms with Gasteiger partial charge in [-0.15, -0.1) is 0 Å². The van der Waals surface area contributed by atoms with Crippen LogP contribution in [0.15, 0.2) is 12.2 Å². The Hall–Kier alpha value is -0.380. The third kappa shape index (κ3) is 7.62. The Kier molecular flexibility index (Phi) is 5.51. The number of aliphatic hydroxyl groups excluding tert-OH is 1. The summed E-state index contributed by atoms with van der Waals surface area (Å²) in [4.78, 5) is 0. The lowest BCUT2D eigenvalue weighted by Gasteiger charge is -1.96. The largest absolute Gasteiger partial charge is 0.368 e. The van der Waals surface area contributed by atoms with Gasteiger partial charge < -0.3 is 15.9 Å². The number of aliphatic hydroxyl groups is 2. The molecule has 0 amide bonds. The lowest BCUT2D eigenvalue weighted by Crippen LogP contribution is -2.02. The van der Waals surface area contributed by atoms with E-state index in [1.54, 1.807) is 6.08 Å². The highest BCUT2D eigenvalue weighted by Crippen LogP contribution is 1.93. The maximum atomic E-state index is 8.34. The molecule has 0 aliphatic carbocycles. The van der Waals surface area contributed by atoms with E-state index in [1.165, 1.54) is 0 Å². The first-order valence-electron chi connectivity index (χ1n) is 2.98. The predicted octanol–water partition coefficient (Wildman–Crippen LogP) is -0.408. The summed E-state index contributed by atoms with van der Waals surface area (Å²) in [6.07, 6.45) is 3.50. The maximum absolute atomic E-state index is 8.34. The second-order valence-corrected chi connectivity index (χ2v) is 1.77. The molecular formula is C6H13NO2. The monoisotopic (exact) mass is 131 g/mol. The Morgan fingerprint density at radius 3 is 2.44 bits per heavy atom. The van der Waals surface area contributed by atoms with Gasteiger partial charge in [0.1, 0.15) is 0 Å². The van der Waals surface area contributed by atoms with Crippen molar-refractivity contribution >= 4 is 0 Å². The van der Waals surface area contributed by atoms with Crippen molar-refractivity contribution in [2.45, 2.75) is 19.1 Å². The van der Waals surface area contributed by atoms with E-state index in [0.29, 0.717) is 19.4 Å². The van der Waals surface area contributed by atoms with Crippen LogP contribution in [0.4, 0.5) is 0 Å². The summed E-state index contributed by atoms with van der Waals surface area (Å²) >= 11 is 0. The molecule has 0 aromatic carbocycles. The van der Waals surface area contributed by atoms with E-state index in [4.69, 9.17) is 15.9 Å². The summed E-state index contributed by atoms with van der Waals surface area (Å²) < 4.78 is 0. The van der Waals surface area contributed by atoms with Crippen LogP contribution in [0.5, 0.6) is 0 Å². The minimum absolute atomic E-state index is 0.385. The summed E-state index contributed by atoms with van der Waals surface area (Å²) in [6.45, 7) is 0.515. The van der Waals surface area contributed by atoms with Gasteiger partial charge >= 0.3 is 0 Å². The van der Waals surface area contributed by atoms with Crippen LogP contribution in [0, 0.1) is 0 Å². The second-order valence-electron chi connectivity index (χ2n) is 1.77. The molecule has 3 nitrogen and oxygen atoms in total. The zero-order valence-corrected chi connectivity index (χ0v) is 5.33. The minimum atomic E-state index is -1.19. The highest BCUT2D eigenvalue weighted by Gasteiger charge is 1.91. The van der Waals surface area contributed by atoms with Crippen LogP contribution in [0.2, 0.25) is 0 Å². The Labute approximate surface area is 54.8 Å². The van der Waals surface area contributed by atoms with Gasteiger partial charge in [-0.2, -0.15) is 0 Å². The highest BCUT2D eigenvalue weighted by molar-refractivity contribution is 4.82. The van der Waals surface area contributed by atoms with Gasteiger partial charge in [0.15, 0.2) is 6.29 Å². The van der Waals surface area contributed by atoms with Gasteiger partial charge in [0, 0.05) is 13.0 Å². The standard InChI is InChI=1S/C6H13NO2/c7-5-3-1-2-4-6(8)9/h1,3,6,8-9H,2,4-5,7H2/b3-1+. The third-order valence-electron chi connectivity index (χ3n) is 0.894. The van der Waals surface area contributed by atoms with Crippen LogP contribution in [-0.4, -0.2) is 23.0 Å². The molecule has 0 aromatic heterocycles. The first-order chi connectivity index (χ1) is 4.27. The van der Waals surface area contributed by atoms with Gasteiger partial charge in [-0.1, -0.05) is 12.2 Å². The molecule has 0 heterocycles. The Bertz CT molecular complexity index is 81.1. The van der Waals surface area contributed by atoms with Gasteiger partial charge in [-0.25, -0.2) is 0 Å². The molecule has 0 spiro atoms. The van der Waals surface area contributed by atoms with Gasteiger partial charge in [-0.05, 0) is 6.42 Å². The van der Waals surface area contributed by atoms with Crippen molar-refractivity contribution in [3.05, 3.63) is 12.2 Å². The van der Waals surface area contributed by atoms with E-state index in [1.807, 2.05) is 6.08 Å². The summed E-state index contributed by atoms with van der Waals surface area (Å²) in [6, 6.07) is 0. The van der Waals surface area contributed by atoms with Crippen molar-refractivity contribution in [2.24, 2.45) is 5.73 Å². The number of rotatable bonds is 4. The fraction of sp³-hybridized carbons (Fsp3) is 0.667. The van der Waals surface area contributed by atoms with Crippen LogP contribution in [-0.2, 0) is 0 Å². The zero-order chi connectivity index (χ0) is 7.11. The van der Waals surface area contributed by atoms with Crippen molar-refractivity contribution in [3.8, 4) is 0 Å². The SMILES string of the molecule is NC/C=C/CCC(O)O. The van der Waals surface area contributed by atoms with Crippen molar-refractivity contribution < 1.29 is 10.2 Å². The molecule has 54 valence electrons. The highest BCUT2D eigenvalue weighted by atomic mass is 16.5. The van der Waals surface area contributed by atoms with Gasteiger partial charge in [0.05, 0.1) is 0 Å². The lowest BCUT2D eigenvalue weighted by molar-refractivity contribution is -0.0442. The molecule has 0 saturated carbocycles. The topological polar surface area (TPSA) is 66.5 Å². The lowest BCUT2D eigenvalue weighted by atomic mass is 10.3. The number of nitrogens with two attached hydrogens (primary N) is 1. The van der Waals surface area contributed by atoms with Crippen molar-refractivity contribution in [2.75, 3.05) is 6.54 Å². The van der Waals surface area contributed by atoms with Gasteiger partial charge in [0.25, 0.3) is 0 Å². The molecular weight excluding hydrogens is 118 g/mol. The van der Waals surface area contributed by atoms with E-state index >= 15 is 0 Å². The van der Waals surface area contributed by atoms with Crippen LogP contribution in [0.1, 0.15) is 12.8 Å². The first-order valence-corrected chi connectivity index (χ1v) is 2.98. The number of hydrogen-bond acceptors (Lipinski definition) is 3. The quantitative estimate of drug-likeness (QED) is 0.359. The number of allylic oxidation sites excluding steroid dienone is 1. The Morgan fingerprint density at radius 2 is 2.00 bits per heavy atom. The van der Waals surface area contributed by atoms with Gasteiger partial charge in [-0.3, -0.25) is 0 Å². The van der Waals surface area contributed by atoms with Crippen LogP contribution in [0.3, 0.4) is 0 Å².